The first kappa shape index (κ1) is 23.7. The molecule has 1 saturated heterocycles. The molecule has 9 nitrogen and oxygen atoms in total. The van der Waals surface area contributed by atoms with Gasteiger partial charge in [-0.1, -0.05) is 30.3 Å². The van der Waals surface area contributed by atoms with E-state index in [1.54, 1.807) is 4.90 Å². The van der Waals surface area contributed by atoms with Gasteiger partial charge in [-0.25, -0.2) is 8.42 Å². The average Bonchev–Trinajstić information content (AvgIpc) is 3.32. The van der Waals surface area contributed by atoms with Gasteiger partial charge >= 0.3 is 5.69 Å². The minimum atomic E-state index is -3.80. The van der Waals surface area contributed by atoms with Crippen molar-refractivity contribution in [3.8, 4) is 5.75 Å². The SMILES string of the molecule is CC(C)N(Cc1ccccc1)C(=O)COc1ccc(S(=O)(=O)N2CCCC2)cc1[N+](=O)[O-]. The van der Waals surface area contributed by atoms with Gasteiger partial charge in [-0.2, -0.15) is 4.31 Å². The van der Waals surface area contributed by atoms with Gasteiger partial charge in [0.25, 0.3) is 5.91 Å². The Labute approximate surface area is 187 Å². The lowest BCUT2D eigenvalue weighted by atomic mass is 10.2. The molecule has 10 heteroatoms. The predicted molar refractivity (Wildman–Crippen MR) is 119 cm³/mol. The molecule has 0 aliphatic carbocycles. The number of benzene rings is 2. The lowest BCUT2D eigenvalue weighted by Gasteiger charge is -2.27. The van der Waals surface area contributed by atoms with Crippen molar-refractivity contribution in [2.75, 3.05) is 19.7 Å². The van der Waals surface area contributed by atoms with Crippen LogP contribution in [0.4, 0.5) is 5.69 Å². The molecule has 0 saturated carbocycles. The number of ether oxygens (including phenoxy) is 1. The molecule has 0 bridgehead atoms. The molecule has 0 spiro atoms. The molecule has 0 aromatic heterocycles. The molecule has 32 heavy (non-hydrogen) atoms. The van der Waals surface area contributed by atoms with Crippen LogP contribution in [0.1, 0.15) is 32.3 Å². The van der Waals surface area contributed by atoms with Gasteiger partial charge in [0.1, 0.15) is 0 Å². The van der Waals surface area contributed by atoms with Gasteiger partial charge in [0, 0.05) is 31.7 Å². The van der Waals surface area contributed by atoms with Crippen LogP contribution < -0.4 is 4.74 Å². The summed E-state index contributed by atoms with van der Waals surface area (Å²) in [5.74, 6) is -0.473. The van der Waals surface area contributed by atoms with E-state index < -0.39 is 27.2 Å². The lowest BCUT2D eigenvalue weighted by Crippen LogP contribution is -2.39. The summed E-state index contributed by atoms with van der Waals surface area (Å²) < 4.78 is 32.3. The largest absolute Gasteiger partial charge is 0.477 e. The van der Waals surface area contributed by atoms with Crippen molar-refractivity contribution in [1.29, 1.82) is 0 Å². The molecule has 0 unspecified atom stereocenters. The van der Waals surface area contributed by atoms with E-state index in [2.05, 4.69) is 0 Å². The zero-order valence-corrected chi connectivity index (χ0v) is 19.0. The number of carbonyl (C=O) groups is 1. The number of nitrogens with zero attached hydrogens (tertiary/aromatic N) is 3. The van der Waals surface area contributed by atoms with Crippen molar-refractivity contribution in [3.05, 3.63) is 64.2 Å². The highest BCUT2D eigenvalue weighted by Crippen LogP contribution is 2.32. The van der Waals surface area contributed by atoms with Crippen LogP contribution >= 0.6 is 0 Å². The molecule has 3 rings (SSSR count). The Kier molecular flexibility index (Phi) is 7.47. The van der Waals surface area contributed by atoms with Gasteiger partial charge in [-0.15, -0.1) is 0 Å². The third kappa shape index (κ3) is 5.43. The molecule has 0 N–H and O–H groups in total. The maximum Gasteiger partial charge on any atom is 0.312 e. The third-order valence-electron chi connectivity index (χ3n) is 5.32. The van der Waals surface area contributed by atoms with Crippen LogP contribution in [0.3, 0.4) is 0 Å². The van der Waals surface area contributed by atoms with Crippen molar-refractivity contribution in [1.82, 2.24) is 9.21 Å². The summed E-state index contributed by atoms with van der Waals surface area (Å²) in [4.78, 5) is 25.1. The van der Waals surface area contributed by atoms with E-state index >= 15 is 0 Å². The molecular weight excluding hydrogens is 434 g/mol. The summed E-state index contributed by atoms with van der Waals surface area (Å²) in [5, 5.41) is 11.6. The Morgan fingerprint density at radius 3 is 2.41 bits per heavy atom. The number of nitro benzene ring substituents is 1. The van der Waals surface area contributed by atoms with Gasteiger partial charge < -0.3 is 9.64 Å². The van der Waals surface area contributed by atoms with E-state index in [9.17, 15) is 23.3 Å². The number of sulfonamides is 1. The smallest absolute Gasteiger partial charge is 0.312 e. The van der Waals surface area contributed by atoms with E-state index in [0.29, 0.717) is 19.6 Å². The Morgan fingerprint density at radius 2 is 1.81 bits per heavy atom. The molecular formula is C22H27N3O6S. The first-order valence-electron chi connectivity index (χ1n) is 10.4. The Balaban J connectivity index is 1.76. The van der Waals surface area contributed by atoms with Crippen molar-refractivity contribution in [3.63, 3.8) is 0 Å². The number of amides is 1. The normalized spacial score (nSPS) is 14.5. The standard InChI is InChI=1S/C22H27N3O6S/c1-17(2)24(15-18-8-4-3-5-9-18)22(26)16-31-21-11-10-19(14-20(21)25(27)28)32(29,30)23-12-6-7-13-23/h3-5,8-11,14,17H,6-7,12-13,15-16H2,1-2H3. The van der Waals surface area contributed by atoms with Gasteiger partial charge in [-0.05, 0) is 44.4 Å². The molecule has 2 aromatic carbocycles. The maximum atomic E-state index is 12.8. The van der Waals surface area contributed by atoms with Crippen LogP contribution in [0.5, 0.6) is 5.75 Å². The van der Waals surface area contributed by atoms with Crippen LogP contribution in [0, 0.1) is 10.1 Å². The summed E-state index contributed by atoms with van der Waals surface area (Å²) in [6, 6.07) is 12.9. The summed E-state index contributed by atoms with van der Waals surface area (Å²) in [6.45, 7) is 4.53. The fourth-order valence-corrected chi connectivity index (χ4v) is 5.10. The quantitative estimate of drug-likeness (QED) is 0.419. The van der Waals surface area contributed by atoms with Crippen LogP contribution in [0.25, 0.3) is 0 Å². The van der Waals surface area contributed by atoms with Crippen LogP contribution in [-0.2, 0) is 21.4 Å². The Bertz CT molecular complexity index is 1070. The maximum absolute atomic E-state index is 12.8. The molecule has 1 aliphatic rings. The number of nitro groups is 1. The zero-order valence-electron chi connectivity index (χ0n) is 18.1. The van der Waals surface area contributed by atoms with Crippen molar-refractivity contribution >= 4 is 21.6 Å². The van der Waals surface area contributed by atoms with Crippen LogP contribution in [0.2, 0.25) is 0 Å². The number of hydrogen-bond donors (Lipinski definition) is 0. The first-order chi connectivity index (χ1) is 15.2. The van der Waals surface area contributed by atoms with Crippen LogP contribution in [0.15, 0.2) is 53.4 Å². The van der Waals surface area contributed by atoms with Gasteiger partial charge in [-0.3, -0.25) is 14.9 Å². The number of rotatable bonds is 9. The molecule has 0 atom stereocenters. The summed E-state index contributed by atoms with van der Waals surface area (Å²) in [6.07, 6.45) is 1.53. The minimum absolute atomic E-state index is 0.103. The van der Waals surface area contributed by atoms with Crippen molar-refractivity contribution in [2.24, 2.45) is 0 Å². The summed E-state index contributed by atoms with van der Waals surface area (Å²) in [5.41, 5.74) is 0.467. The highest BCUT2D eigenvalue weighted by molar-refractivity contribution is 7.89. The predicted octanol–water partition coefficient (Wildman–Crippen LogP) is 3.20. The Hall–Kier alpha value is -2.98. The second kappa shape index (κ2) is 10.1. The number of hydrogen-bond acceptors (Lipinski definition) is 6. The molecule has 1 fully saturated rings. The monoisotopic (exact) mass is 461 g/mol. The highest BCUT2D eigenvalue weighted by Gasteiger charge is 2.30. The van der Waals surface area contributed by atoms with Crippen LogP contribution in [-0.4, -0.2) is 54.2 Å². The molecule has 2 aromatic rings. The first-order valence-corrected chi connectivity index (χ1v) is 11.9. The second-order valence-corrected chi connectivity index (χ2v) is 9.83. The molecule has 1 aliphatic heterocycles. The van der Waals surface area contributed by atoms with Gasteiger partial charge in [0.05, 0.1) is 9.82 Å². The lowest BCUT2D eigenvalue weighted by molar-refractivity contribution is -0.386. The topological polar surface area (TPSA) is 110 Å². The van der Waals surface area contributed by atoms with Crippen molar-refractivity contribution in [2.45, 2.75) is 44.2 Å². The van der Waals surface area contributed by atoms with Gasteiger partial charge in [0.15, 0.2) is 12.4 Å². The average molecular weight is 462 g/mol. The fourth-order valence-electron chi connectivity index (χ4n) is 3.56. The van der Waals surface area contributed by atoms with E-state index in [4.69, 9.17) is 4.74 Å². The van der Waals surface area contributed by atoms with E-state index in [1.807, 2.05) is 44.2 Å². The zero-order chi connectivity index (χ0) is 23.3. The third-order valence-corrected chi connectivity index (χ3v) is 7.22. The molecule has 172 valence electrons. The van der Waals surface area contributed by atoms with E-state index in [0.717, 1.165) is 24.5 Å². The van der Waals surface area contributed by atoms with E-state index in [-0.39, 0.29) is 22.6 Å². The molecule has 0 radical (unpaired) electrons. The summed E-state index contributed by atoms with van der Waals surface area (Å²) in [7, 11) is -3.80. The highest BCUT2D eigenvalue weighted by atomic mass is 32.2. The van der Waals surface area contributed by atoms with Gasteiger partial charge in [0.2, 0.25) is 10.0 Å². The van der Waals surface area contributed by atoms with Crippen molar-refractivity contribution < 1.29 is 22.9 Å². The Morgan fingerprint density at radius 1 is 1.16 bits per heavy atom. The minimum Gasteiger partial charge on any atom is -0.477 e. The number of carbonyl (C=O) groups excluding carboxylic acids is 1. The summed E-state index contributed by atoms with van der Waals surface area (Å²) >= 11 is 0. The molecule has 1 heterocycles. The fraction of sp³-hybridized carbons (Fsp3) is 0.409. The van der Waals surface area contributed by atoms with E-state index in [1.165, 1.54) is 16.4 Å². The molecule has 1 amide bonds. The second-order valence-electron chi connectivity index (χ2n) is 7.89.